The van der Waals surface area contributed by atoms with Crippen LogP contribution in [0, 0.1) is 6.92 Å². The van der Waals surface area contributed by atoms with Gasteiger partial charge in [0, 0.05) is 6.54 Å². The van der Waals surface area contributed by atoms with Crippen molar-refractivity contribution in [3.05, 3.63) is 57.2 Å². The van der Waals surface area contributed by atoms with Gasteiger partial charge in [0.25, 0.3) is 10.0 Å². The van der Waals surface area contributed by atoms with Crippen LogP contribution < -0.4 is 9.60 Å². The summed E-state index contributed by atoms with van der Waals surface area (Å²) in [6.45, 7) is 6.33. The standard InChI is InChI=1S/C18H20N2O3S2/c1-4-13-8-6-7-12(3)17(13)19-25(22,23)14-9-10-15-16(11-14)24-18(21)20(15)5-2/h6-11,19H,4-5H2,1-3H3. The summed E-state index contributed by atoms with van der Waals surface area (Å²) in [5, 5.41) is 0. The summed E-state index contributed by atoms with van der Waals surface area (Å²) < 4.78 is 30.7. The van der Waals surface area contributed by atoms with Crippen molar-refractivity contribution in [1.82, 2.24) is 4.57 Å². The molecule has 3 rings (SSSR count). The summed E-state index contributed by atoms with van der Waals surface area (Å²) in [5.41, 5.74) is 3.23. The van der Waals surface area contributed by atoms with Crippen LogP contribution in [-0.4, -0.2) is 13.0 Å². The van der Waals surface area contributed by atoms with Crippen molar-refractivity contribution in [3.8, 4) is 0 Å². The number of benzene rings is 2. The normalized spacial score (nSPS) is 11.8. The van der Waals surface area contributed by atoms with E-state index in [2.05, 4.69) is 4.72 Å². The number of anilines is 1. The second kappa shape index (κ2) is 6.65. The molecular formula is C18H20N2O3S2. The number of hydrogen-bond donors (Lipinski definition) is 1. The lowest BCUT2D eigenvalue weighted by Gasteiger charge is -2.14. The van der Waals surface area contributed by atoms with Crippen molar-refractivity contribution >= 4 is 37.3 Å². The number of nitrogens with one attached hydrogen (secondary N) is 1. The van der Waals surface area contributed by atoms with E-state index in [0.717, 1.165) is 34.4 Å². The summed E-state index contributed by atoms with van der Waals surface area (Å²) in [4.78, 5) is 12.1. The zero-order valence-electron chi connectivity index (χ0n) is 14.4. The third-order valence-corrected chi connectivity index (χ3v) is 6.53. The first-order valence-corrected chi connectivity index (χ1v) is 10.4. The molecule has 0 spiro atoms. The summed E-state index contributed by atoms with van der Waals surface area (Å²) in [6.07, 6.45) is 0.736. The van der Waals surface area contributed by atoms with E-state index in [0.29, 0.717) is 16.9 Å². The van der Waals surface area contributed by atoms with Crippen LogP contribution in [0.1, 0.15) is 25.0 Å². The van der Waals surface area contributed by atoms with Gasteiger partial charge >= 0.3 is 4.87 Å². The molecule has 0 amide bonds. The molecule has 25 heavy (non-hydrogen) atoms. The molecule has 0 fully saturated rings. The molecule has 0 bridgehead atoms. The van der Waals surface area contributed by atoms with E-state index in [1.165, 1.54) is 0 Å². The minimum absolute atomic E-state index is 0.0767. The highest BCUT2D eigenvalue weighted by Gasteiger charge is 2.19. The van der Waals surface area contributed by atoms with E-state index in [9.17, 15) is 13.2 Å². The van der Waals surface area contributed by atoms with Gasteiger partial charge in [-0.1, -0.05) is 36.5 Å². The molecule has 3 aromatic rings. The lowest BCUT2D eigenvalue weighted by atomic mass is 10.1. The summed E-state index contributed by atoms with van der Waals surface area (Å²) in [6, 6.07) is 10.5. The Labute approximate surface area is 151 Å². The molecule has 0 aliphatic carbocycles. The minimum Gasteiger partial charge on any atom is -0.299 e. The number of hydrogen-bond acceptors (Lipinski definition) is 4. The quantitative estimate of drug-likeness (QED) is 0.737. The second-order valence-corrected chi connectivity index (χ2v) is 8.49. The maximum atomic E-state index is 12.8. The minimum atomic E-state index is -3.72. The van der Waals surface area contributed by atoms with Gasteiger partial charge in [-0.3, -0.25) is 14.1 Å². The van der Waals surface area contributed by atoms with Gasteiger partial charge in [0.15, 0.2) is 0 Å². The number of fused-ring (bicyclic) bond motifs is 1. The van der Waals surface area contributed by atoms with Crippen LogP contribution in [0.4, 0.5) is 5.69 Å². The van der Waals surface area contributed by atoms with E-state index in [1.54, 1.807) is 22.8 Å². The number of thiazole rings is 1. The van der Waals surface area contributed by atoms with Crippen LogP contribution in [-0.2, 0) is 23.0 Å². The van der Waals surface area contributed by atoms with Crippen LogP contribution in [0.5, 0.6) is 0 Å². The molecule has 0 saturated heterocycles. The fraction of sp³-hybridized carbons (Fsp3) is 0.278. The predicted octanol–water partition coefficient (Wildman–Crippen LogP) is 3.75. The van der Waals surface area contributed by atoms with Crippen LogP contribution in [0.2, 0.25) is 0 Å². The Hall–Kier alpha value is -2.12. The smallest absolute Gasteiger partial charge is 0.299 e. The third-order valence-electron chi connectivity index (χ3n) is 4.24. The number of nitrogens with zero attached hydrogens (tertiary/aromatic N) is 1. The van der Waals surface area contributed by atoms with E-state index in [4.69, 9.17) is 0 Å². The maximum Gasteiger partial charge on any atom is 0.308 e. The zero-order valence-corrected chi connectivity index (χ0v) is 16.0. The zero-order chi connectivity index (χ0) is 18.2. The van der Waals surface area contributed by atoms with E-state index in [-0.39, 0.29) is 9.77 Å². The molecule has 0 saturated carbocycles. The highest BCUT2D eigenvalue weighted by Crippen LogP contribution is 2.27. The highest BCUT2D eigenvalue weighted by atomic mass is 32.2. The molecule has 1 heterocycles. The molecule has 0 radical (unpaired) electrons. The molecule has 132 valence electrons. The number of rotatable bonds is 5. The first-order valence-electron chi connectivity index (χ1n) is 8.12. The molecule has 0 aliphatic rings. The molecule has 0 unspecified atom stereocenters. The van der Waals surface area contributed by atoms with Crippen LogP contribution >= 0.6 is 11.3 Å². The number of para-hydroxylation sites is 1. The summed E-state index contributed by atoms with van der Waals surface area (Å²) >= 11 is 1.07. The topological polar surface area (TPSA) is 68.2 Å². The Kier molecular flexibility index (Phi) is 4.71. The monoisotopic (exact) mass is 376 g/mol. The lowest BCUT2D eigenvalue weighted by Crippen LogP contribution is -2.15. The van der Waals surface area contributed by atoms with E-state index in [1.807, 2.05) is 39.0 Å². The molecule has 5 nitrogen and oxygen atoms in total. The first-order chi connectivity index (χ1) is 11.9. The molecule has 7 heteroatoms. The summed E-state index contributed by atoms with van der Waals surface area (Å²) in [5.74, 6) is 0. The Bertz CT molecular complexity index is 1100. The van der Waals surface area contributed by atoms with Gasteiger partial charge in [-0.05, 0) is 49.6 Å². The fourth-order valence-corrected chi connectivity index (χ4v) is 5.14. The van der Waals surface area contributed by atoms with Crippen molar-refractivity contribution < 1.29 is 8.42 Å². The summed E-state index contributed by atoms with van der Waals surface area (Å²) in [7, 11) is -3.72. The first kappa shape index (κ1) is 17.7. The van der Waals surface area contributed by atoms with Crippen LogP contribution in [0.15, 0.2) is 46.1 Å². The van der Waals surface area contributed by atoms with Crippen molar-refractivity contribution in [2.24, 2.45) is 0 Å². The van der Waals surface area contributed by atoms with Gasteiger partial charge in [-0.15, -0.1) is 0 Å². The van der Waals surface area contributed by atoms with Gasteiger partial charge in [0.2, 0.25) is 0 Å². The Morgan fingerprint density at radius 3 is 2.60 bits per heavy atom. The van der Waals surface area contributed by atoms with Crippen LogP contribution in [0.3, 0.4) is 0 Å². The predicted molar refractivity (Wildman–Crippen MR) is 103 cm³/mol. The van der Waals surface area contributed by atoms with Crippen molar-refractivity contribution in [2.45, 2.75) is 38.6 Å². The Balaban J connectivity index is 2.07. The SMILES string of the molecule is CCc1cccc(C)c1NS(=O)(=O)c1ccc2c(c1)sc(=O)n2CC. The van der Waals surface area contributed by atoms with Gasteiger partial charge in [-0.2, -0.15) is 0 Å². The average Bonchev–Trinajstić information content (AvgIpc) is 2.90. The van der Waals surface area contributed by atoms with E-state index >= 15 is 0 Å². The lowest BCUT2D eigenvalue weighted by molar-refractivity contribution is 0.601. The van der Waals surface area contributed by atoms with Gasteiger partial charge in [0.05, 0.1) is 20.8 Å². The largest absolute Gasteiger partial charge is 0.308 e. The number of aryl methyl sites for hydroxylation is 3. The fourth-order valence-electron chi connectivity index (χ4n) is 2.88. The van der Waals surface area contributed by atoms with Gasteiger partial charge in [0.1, 0.15) is 0 Å². The molecular weight excluding hydrogens is 356 g/mol. The van der Waals surface area contributed by atoms with Crippen molar-refractivity contribution in [3.63, 3.8) is 0 Å². The molecule has 0 atom stereocenters. The molecule has 0 aliphatic heterocycles. The molecule has 1 N–H and O–H groups in total. The highest BCUT2D eigenvalue weighted by molar-refractivity contribution is 7.92. The third kappa shape index (κ3) is 3.21. The van der Waals surface area contributed by atoms with Crippen molar-refractivity contribution in [2.75, 3.05) is 4.72 Å². The Morgan fingerprint density at radius 1 is 1.16 bits per heavy atom. The van der Waals surface area contributed by atoms with Crippen molar-refractivity contribution in [1.29, 1.82) is 0 Å². The second-order valence-electron chi connectivity index (χ2n) is 5.81. The number of sulfonamides is 1. The maximum absolute atomic E-state index is 12.8. The van der Waals surface area contributed by atoms with Crippen LogP contribution in [0.25, 0.3) is 10.2 Å². The number of aromatic nitrogens is 1. The molecule has 1 aromatic heterocycles. The molecule has 2 aromatic carbocycles. The Morgan fingerprint density at radius 2 is 1.92 bits per heavy atom. The van der Waals surface area contributed by atoms with Gasteiger partial charge < -0.3 is 0 Å². The van der Waals surface area contributed by atoms with E-state index < -0.39 is 10.0 Å². The van der Waals surface area contributed by atoms with Gasteiger partial charge in [-0.25, -0.2) is 8.42 Å². The average molecular weight is 377 g/mol.